The van der Waals surface area contributed by atoms with Crippen molar-refractivity contribution in [2.75, 3.05) is 0 Å². The summed E-state index contributed by atoms with van der Waals surface area (Å²) < 4.78 is 16.9. The van der Waals surface area contributed by atoms with Crippen molar-refractivity contribution in [1.82, 2.24) is 4.98 Å². The highest BCUT2D eigenvalue weighted by molar-refractivity contribution is 5.92. The zero-order valence-corrected chi connectivity index (χ0v) is 14.9. The molecule has 0 aliphatic carbocycles. The van der Waals surface area contributed by atoms with E-state index in [2.05, 4.69) is 4.98 Å². The number of carbonyl (C=O) groups is 1. The Balaban J connectivity index is 1.64. The number of fused-ring (bicyclic) bond motifs is 1. The van der Waals surface area contributed by atoms with Crippen LogP contribution in [0.3, 0.4) is 0 Å². The number of carboxylic acids is 1. The van der Waals surface area contributed by atoms with Crippen LogP contribution in [0, 0.1) is 0 Å². The van der Waals surface area contributed by atoms with Crippen molar-refractivity contribution < 1.29 is 23.5 Å². The number of rotatable bonds is 7. The molecule has 3 N–H and O–H groups in total. The Kier molecular flexibility index (Phi) is 4.82. The molecule has 0 fully saturated rings. The summed E-state index contributed by atoms with van der Waals surface area (Å²) in [5.74, 6) is 0.0874. The standard InChI is InChI=1S/C21H18N2O5/c22-10-19-23-17(12-28-19)16-8-13(7-15-5-6-26-21(15)16)11-27-18-4-2-1-3-14(18)9-20(24)25/h1-8,12H,9-11,22H2,(H,24,25). The van der Waals surface area contributed by atoms with Gasteiger partial charge >= 0.3 is 5.97 Å². The summed E-state index contributed by atoms with van der Waals surface area (Å²) in [6, 6.07) is 12.9. The molecule has 2 heterocycles. The summed E-state index contributed by atoms with van der Waals surface area (Å²) in [5, 5.41) is 9.97. The first-order valence-corrected chi connectivity index (χ1v) is 8.71. The third kappa shape index (κ3) is 3.60. The van der Waals surface area contributed by atoms with E-state index in [9.17, 15) is 4.79 Å². The molecule has 0 atom stereocenters. The lowest BCUT2D eigenvalue weighted by molar-refractivity contribution is -0.136. The Morgan fingerprint density at radius 2 is 2.04 bits per heavy atom. The van der Waals surface area contributed by atoms with Gasteiger partial charge in [0.25, 0.3) is 0 Å². The first kappa shape index (κ1) is 17.8. The largest absolute Gasteiger partial charge is 0.489 e. The summed E-state index contributed by atoms with van der Waals surface area (Å²) in [5.41, 5.74) is 9.22. The Hall–Kier alpha value is -3.58. The van der Waals surface area contributed by atoms with E-state index < -0.39 is 5.97 Å². The molecule has 2 aromatic heterocycles. The molecule has 0 saturated carbocycles. The summed E-state index contributed by atoms with van der Waals surface area (Å²) in [6.45, 7) is 0.483. The molecule has 28 heavy (non-hydrogen) atoms. The number of furan rings is 1. The zero-order chi connectivity index (χ0) is 19.5. The molecule has 0 aliphatic heterocycles. The van der Waals surface area contributed by atoms with Crippen LogP contribution in [0.2, 0.25) is 0 Å². The van der Waals surface area contributed by atoms with Gasteiger partial charge in [0.2, 0.25) is 5.89 Å². The van der Waals surface area contributed by atoms with Crippen molar-refractivity contribution in [3.05, 3.63) is 72.0 Å². The second kappa shape index (κ2) is 7.58. The van der Waals surface area contributed by atoms with Gasteiger partial charge in [-0.1, -0.05) is 18.2 Å². The van der Waals surface area contributed by atoms with E-state index in [1.165, 1.54) is 0 Å². The van der Waals surface area contributed by atoms with Gasteiger partial charge in [0.05, 0.1) is 19.2 Å². The molecule has 4 aromatic rings. The minimum Gasteiger partial charge on any atom is -0.489 e. The Labute approximate surface area is 160 Å². The minimum atomic E-state index is -0.903. The molecular weight excluding hydrogens is 360 g/mol. The molecule has 0 amide bonds. The number of hydrogen-bond acceptors (Lipinski definition) is 6. The van der Waals surface area contributed by atoms with Crippen molar-refractivity contribution in [3.8, 4) is 17.0 Å². The fraction of sp³-hybridized carbons (Fsp3) is 0.143. The average Bonchev–Trinajstić information content (AvgIpc) is 3.35. The van der Waals surface area contributed by atoms with Crippen LogP contribution in [0.15, 0.2) is 63.8 Å². The molecule has 0 aliphatic rings. The van der Waals surface area contributed by atoms with Gasteiger partial charge in [0.15, 0.2) is 0 Å². The number of nitrogens with two attached hydrogens (primary N) is 1. The maximum atomic E-state index is 11.0. The van der Waals surface area contributed by atoms with Crippen LogP contribution < -0.4 is 10.5 Å². The molecule has 2 aromatic carbocycles. The van der Waals surface area contributed by atoms with Gasteiger partial charge in [-0.2, -0.15) is 0 Å². The predicted molar refractivity (Wildman–Crippen MR) is 102 cm³/mol. The Morgan fingerprint density at radius 3 is 2.82 bits per heavy atom. The number of oxazole rings is 1. The van der Waals surface area contributed by atoms with Gasteiger partial charge < -0.3 is 24.4 Å². The lowest BCUT2D eigenvalue weighted by Crippen LogP contribution is -2.04. The van der Waals surface area contributed by atoms with E-state index in [1.807, 2.05) is 24.3 Å². The Bertz CT molecular complexity index is 1130. The number of aliphatic carboxylic acids is 1. The fourth-order valence-corrected chi connectivity index (χ4v) is 3.06. The summed E-state index contributed by atoms with van der Waals surface area (Å²) in [4.78, 5) is 15.4. The second-order valence-corrected chi connectivity index (χ2v) is 6.28. The second-order valence-electron chi connectivity index (χ2n) is 6.28. The summed E-state index contributed by atoms with van der Waals surface area (Å²) >= 11 is 0. The molecule has 0 bridgehead atoms. The lowest BCUT2D eigenvalue weighted by Gasteiger charge is -2.11. The van der Waals surface area contributed by atoms with Crippen LogP contribution in [0.5, 0.6) is 5.75 Å². The normalized spacial score (nSPS) is 11.0. The average molecular weight is 378 g/mol. The molecular formula is C21H18N2O5. The van der Waals surface area contributed by atoms with Crippen LogP contribution in [-0.4, -0.2) is 16.1 Å². The van der Waals surface area contributed by atoms with Crippen molar-refractivity contribution in [1.29, 1.82) is 0 Å². The fourth-order valence-electron chi connectivity index (χ4n) is 3.06. The molecule has 0 spiro atoms. The third-order valence-electron chi connectivity index (χ3n) is 4.32. The topological polar surface area (TPSA) is 112 Å². The molecule has 0 unspecified atom stereocenters. The molecule has 7 heteroatoms. The van der Waals surface area contributed by atoms with Crippen LogP contribution >= 0.6 is 0 Å². The highest BCUT2D eigenvalue weighted by Gasteiger charge is 2.14. The smallest absolute Gasteiger partial charge is 0.307 e. The van der Waals surface area contributed by atoms with E-state index in [0.717, 1.165) is 16.5 Å². The van der Waals surface area contributed by atoms with E-state index in [-0.39, 0.29) is 19.6 Å². The van der Waals surface area contributed by atoms with Crippen LogP contribution in [0.1, 0.15) is 17.0 Å². The van der Waals surface area contributed by atoms with Gasteiger partial charge in [-0.05, 0) is 29.8 Å². The minimum absolute atomic E-state index is 0.0943. The Morgan fingerprint density at radius 1 is 1.18 bits per heavy atom. The summed E-state index contributed by atoms with van der Waals surface area (Å²) in [6.07, 6.45) is 3.07. The van der Waals surface area contributed by atoms with Gasteiger partial charge in [0, 0.05) is 16.5 Å². The molecule has 142 valence electrons. The van der Waals surface area contributed by atoms with Gasteiger partial charge in [0.1, 0.15) is 29.9 Å². The van der Waals surface area contributed by atoms with Crippen molar-refractivity contribution >= 4 is 16.9 Å². The van der Waals surface area contributed by atoms with Crippen LogP contribution in [0.25, 0.3) is 22.2 Å². The first-order valence-electron chi connectivity index (χ1n) is 8.71. The van der Waals surface area contributed by atoms with E-state index >= 15 is 0 Å². The number of benzene rings is 2. The number of nitrogens with zero attached hydrogens (tertiary/aromatic N) is 1. The number of aromatic nitrogens is 1. The molecule has 4 rings (SSSR count). The number of ether oxygens (including phenoxy) is 1. The van der Waals surface area contributed by atoms with Crippen LogP contribution in [-0.2, 0) is 24.4 Å². The maximum Gasteiger partial charge on any atom is 0.307 e. The third-order valence-corrected chi connectivity index (χ3v) is 4.32. The number of para-hydroxylation sites is 1. The monoisotopic (exact) mass is 378 g/mol. The highest BCUT2D eigenvalue weighted by Crippen LogP contribution is 2.31. The van der Waals surface area contributed by atoms with Gasteiger partial charge in [-0.25, -0.2) is 4.98 Å². The lowest BCUT2D eigenvalue weighted by atomic mass is 10.1. The SMILES string of the molecule is NCc1nc(-c2cc(COc3ccccc3CC(=O)O)cc3ccoc23)co1. The quantitative estimate of drug-likeness (QED) is 0.503. The van der Waals surface area contributed by atoms with Crippen LogP contribution in [0.4, 0.5) is 0 Å². The number of carboxylic acid groups (broad SMARTS) is 1. The highest BCUT2D eigenvalue weighted by atomic mass is 16.5. The van der Waals surface area contributed by atoms with Crippen molar-refractivity contribution in [2.24, 2.45) is 5.73 Å². The van der Waals surface area contributed by atoms with Crippen molar-refractivity contribution in [3.63, 3.8) is 0 Å². The predicted octanol–water partition coefficient (Wildman–Crippen LogP) is 3.75. The van der Waals surface area contributed by atoms with E-state index in [1.54, 1.807) is 30.7 Å². The van der Waals surface area contributed by atoms with Gasteiger partial charge in [-0.3, -0.25) is 4.79 Å². The summed E-state index contributed by atoms with van der Waals surface area (Å²) in [7, 11) is 0. The molecule has 7 nitrogen and oxygen atoms in total. The molecule has 0 saturated heterocycles. The molecule has 0 radical (unpaired) electrons. The first-order chi connectivity index (χ1) is 13.6. The van der Waals surface area contributed by atoms with Gasteiger partial charge in [-0.15, -0.1) is 0 Å². The maximum absolute atomic E-state index is 11.0. The van der Waals surface area contributed by atoms with Crippen molar-refractivity contribution in [2.45, 2.75) is 19.6 Å². The zero-order valence-electron chi connectivity index (χ0n) is 14.9. The number of hydrogen-bond donors (Lipinski definition) is 2. The van der Waals surface area contributed by atoms with E-state index in [4.69, 9.17) is 24.4 Å². The van der Waals surface area contributed by atoms with E-state index in [0.29, 0.717) is 28.5 Å².